The summed E-state index contributed by atoms with van der Waals surface area (Å²) < 4.78 is 1.62. The van der Waals surface area contributed by atoms with Crippen molar-refractivity contribution in [3.05, 3.63) is 30.9 Å². The number of nitrogens with zero attached hydrogens (tertiary/aromatic N) is 4. The lowest BCUT2D eigenvalue weighted by Gasteiger charge is -2.19. The van der Waals surface area contributed by atoms with E-state index in [-0.39, 0.29) is 23.7 Å². The first kappa shape index (κ1) is 16.6. The van der Waals surface area contributed by atoms with Gasteiger partial charge in [0.05, 0.1) is 11.9 Å². The monoisotopic (exact) mass is 316 g/mol. The van der Waals surface area contributed by atoms with Crippen LogP contribution in [0.25, 0.3) is 5.69 Å². The number of nitrogens with one attached hydrogen (secondary N) is 2. The molecule has 0 bridgehead atoms. The van der Waals surface area contributed by atoms with Crippen LogP contribution in [0.15, 0.2) is 30.9 Å². The Bertz CT molecular complexity index is 668. The van der Waals surface area contributed by atoms with Crippen LogP contribution in [0.2, 0.25) is 0 Å². The van der Waals surface area contributed by atoms with E-state index >= 15 is 0 Å². The van der Waals surface area contributed by atoms with Gasteiger partial charge < -0.3 is 5.32 Å². The van der Waals surface area contributed by atoms with Crippen LogP contribution in [0.5, 0.6) is 0 Å². The Labute approximate surface area is 134 Å². The molecule has 0 aromatic carbocycles. The summed E-state index contributed by atoms with van der Waals surface area (Å²) in [5, 5.41) is 13.1. The molecule has 23 heavy (non-hydrogen) atoms. The fourth-order valence-corrected chi connectivity index (χ4v) is 2.15. The van der Waals surface area contributed by atoms with Crippen molar-refractivity contribution < 1.29 is 9.59 Å². The van der Waals surface area contributed by atoms with Crippen LogP contribution in [-0.2, 0) is 9.59 Å². The van der Waals surface area contributed by atoms with E-state index < -0.39 is 6.04 Å². The van der Waals surface area contributed by atoms with Crippen molar-refractivity contribution in [3.8, 4) is 5.69 Å². The zero-order valence-electron chi connectivity index (χ0n) is 13.4. The Morgan fingerprint density at radius 1 is 1.35 bits per heavy atom. The quantitative estimate of drug-likeness (QED) is 0.832. The lowest BCUT2D eigenvalue weighted by molar-refractivity contribution is -0.125. The molecular weight excluding hydrogens is 296 g/mol. The van der Waals surface area contributed by atoms with Crippen molar-refractivity contribution >= 4 is 17.8 Å². The molecule has 0 aliphatic rings. The number of pyridine rings is 1. The summed E-state index contributed by atoms with van der Waals surface area (Å²) in [6.45, 7) is 5.36. The van der Waals surface area contributed by atoms with Gasteiger partial charge in [0.2, 0.25) is 17.8 Å². The van der Waals surface area contributed by atoms with Crippen molar-refractivity contribution in [1.82, 2.24) is 25.1 Å². The highest BCUT2D eigenvalue weighted by Gasteiger charge is 2.22. The molecule has 2 amide bonds. The first-order chi connectivity index (χ1) is 11.0. The molecule has 0 aliphatic heterocycles. The van der Waals surface area contributed by atoms with E-state index in [0.717, 1.165) is 5.69 Å². The number of carbonyl (C=O) groups is 2. The Morgan fingerprint density at radius 3 is 2.74 bits per heavy atom. The van der Waals surface area contributed by atoms with Gasteiger partial charge in [-0.05, 0) is 24.5 Å². The van der Waals surface area contributed by atoms with Crippen LogP contribution in [0.3, 0.4) is 0 Å². The second-order valence-electron chi connectivity index (χ2n) is 5.61. The molecule has 0 saturated carbocycles. The van der Waals surface area contributed by atoms with Crippen molar-refractivity contribution in [3.63, 3.8) is 0 Å². The van der Waals surface area contributed by atoms with Gasteiger partial charge in [-0.25, -0.2) is 0 Å². The normalized spacial score (nSPS) is 12.0. The zero-order valence-corrected chi connectivity index (χ0v) is 13.4. The van der Waals surface area contributed by atoms with Gasteiger partial charge in [-0.2, -0.15) is 0 Å². The third-order valence-corrected chi connectivity index (χ3v) is 3.11. The van der Waals surface area contributed by atoms with E-state index in [0.29, 0.717) is 6.42 Å². The number of rotatable bonds is 6. The summed E-state index contributed by atoms with van der Waals surface area (Å²) in [6.07, 6.45) is 5.31. The van der Waals surface area contributed by atoms with Crippen molar-refractivity contribution in [2.75, 3.05) is 5.32 Å². The van der Waals surface area contributed by atoms with E-state index in [4.69, 9.17) is 0 Å². The molecule has 122 valence electrons. The lowest BCUT2D eigenvalue weighted by atomic mass is 10.0. The fraction of sp³-hybridized carbons (Fsp3) is 0.400. The molecule has 8 nitrogen and oxygen atoms in total. The average molecular weight is 316 g/mol. The third-order valence-electron chi connectivity index (χ3n) is 3.11. The van der Waals surface area contributed by atoms with Crippen molar-refractivity contribution in [1.29, 1.82) is 0 Å². The number of aromatic nitrogens is 4. The fourth-order valence-electron chi connectivity index (χ4n) is 2.15. The van der Waals surface area contributed by atoms with Crippen LogP contribution in [0, 0.1) is 5.92 Å². The molecule has 1 atom stereocenters. The Kier molecular flexibility index (Phi) is 5.40. The molecule has 0 spiro atoms. The number of amides is 2. The number of hydrogen-bond donors (Lipinski definition) is 2. The molecule has 2 rings (SSSR count). The second-order valence-corrected chi connectivity index (χ2v) is 5.61. The molecule has 1 unspecified atom stereocenters. The summed E-state index contributed by atoms with van der Waals surface area (Å²) in [5.74, 6) is -0.0394. The standard InChI is InChI=1S/C15H20N6O2/c1-10(2)7-13(18-11(3)22)14(23)19-15-20-17-9-21(15)12-5-4-6-16-8-12/h4-6,8-10,13H,7H2,1-3H3,(H,18,22)(H,19,20,23). The highest BCUT2D eigenvalue weighted by molar-refractivity contribution is 5.95. The predicted octanol–water partition coefficient (Wildman–Crippen LogP) is 1.15. The van der Waals surface area contributed by atoms with Gasteiger partial charge in [0, 0.05) is 13.1 Å². The van der Waals surface area contributed by atoms with Gasteiger partial charge in [0.1, 0.15) is 12.4 Å². The molecule has 0 fully saturated rings. The minimum absolute atomic E-state index is 0.250. The largest absolute Gasteiger partial charge is 0.345 e. The summed E-state index contributed by atoms with van der Waals surface area (Å²) >= 11 is 0. The van der Waals surface area contributed by atoms with Crippen LogP contribution in [0.4, 0.5) is 5.95 Å². The highest BCUT2D eigenvalue weighted by Crippen LogP contribution is 2.13. The molecular formula is C15H20N6O2. The summed E-state index contributed by atoms with van der Waals surface area (Å²) in [4.78, 5) is 27.8. The first-order valence-electron chi connectivity index (χ1n) is 7.35. The molecule has 2 heterocycles. The summed E-state index contributed by atoms with van der Waals surface area (Å²) in [6, 6.07) is 2.98. The number of anilines is 1. The minimum Gasteiger partial charge on any atom is -0.345 e. The molecule has 0 saturated heterocycles. The lowest BCUT2D eigenvalue weighted by Crippen LogP contribution is -2.44. The van der Waals surface area contributed by atoms with Gasteiger partial charge in [0.15, 0.2) is 0 Å². The van der Waals surface area contributed by atoms with Gasteiger partial charge in [-0.1, -0.05) is 13.8 Å². The topological polar surface area (TPSA) is 102 Å². The SMILES string of the molecule is CC(=O)NC(CC(C)C)C(=O)Nc1nncn1-c1cccnc1. The van der Waals surface area contributed by atoms with Gasteiger partial charge in [-0.3, -0.25) is 24.5 Å². The molecule has 2 aromatic heterocycles. The third kappa shape index (κ3) is 4.60. The van der Waals surface area contributed by atoms with Crippen LogP contribution < -0.4 is 10.6 Å². The molecule has 0 radical (unpaired) electrons. The highest BCUT2D eigenvalue weighted by atomic mass is 16.2. The van der Waals surface area contributed by atoms with Gasteiger partial charge in [-0.15, -0.1) is 10.2 Å². The summed E-state index contributed by atoms with van der Waals surface area (Å²) in [5.41, 5.74) is 0.729. The van der Waals surface area contributed by atoms with E-state index in [9.17, 15) is 9.59 Å². The number of hydrogen-bond acceptors (Lipinski definition) is 5. The van der Waals surface area contributed by atoms with Crippen LogP contribution in [-0.4, -0.2) is 37.6 Å². The summed E-state index contributed by atoms with van der Waals surface area (Å²) in [7, 11) is 0. The molecule has 2 N–H and O–H groups in total. The maximum atomic E-state index is 12.4. The maximum absolute atomic E-state index is 12.4. The molecule has 0 aliphatic carbocycles. The van der Waals surface area contributed by atoms with Gasteiger partial charge in [0.25, 0.3) is 0 Å². The van der Waals surface area contributed by atoms with E-state index in [2.05, 4.69) is 25.8 Å². The van der Waals surface area contributed by atoms with E-state index in [1.165, 1.54) is 13.3 Å². The van der Waals surface area contributed by atoms with Crippen LogP contribution >= 0.6 is 0 Å². The van der Waals surface area contributed by atoms with Crippen molar-refractivity contribution in [2.24, 2.45) is 5.92 Å². The zero-order chi connectivity index (χ0) is 16.8. The van der Waals surface area contributed by atoms with Crippen molar-refractivity contribution in [2.45, 2.75) is 33.2 Å². The Balaban J connectivity index is 2.16. The first-order valence-corrected chi connectivity index (χ1v) is 7.35. The Morgan fingerprint density at radius 2 is 2.13 bits per heavy atom. The maximum Gasteiger partial charge on any atom is 0.249 e. The van der Waals surface area contributed by atoms with Gasteiger partial charge >= 0.3 is 0 Å². The average Bonchev–Trinajstić information content (AvgIpc) is 2.94. The smallest absolute Gasteiger partial charge is 0.249 e. The second kappa shape index (κ2) is 7.48. The predicted molar refractivity (Wildman–Crippen MR) is 84.8 cm³/mol. The van der Waals surface area contributed by atoms with E-state index in [1.54, 1.807) is 23.0 Å². The Hall–Kier alpha value is -2.77. The minimum atomic E-state index is -0.619. The number of carbonyl (C=O) groups excluding carboxylic acids is 2. The molecule has 8 heteroatoms. The van der Waals surface area contributed by atoms with E-state index in [1.807, 2.05) is 19.9 Å². The van der Waals surface area contributed by atoms with Crippen LogP contribution in [0.1, 0.15) is 27.2 Å². The molecule has 2 aromatic rings.